The highest BCUT2D eigenvalue weighted by atomic mass is 35.5. The van der Waals surface area contributed by atoms with E-state index >= 15 is 0 Å². The predicted octanol–water partition coefficient (Wildman–Crippen LogP) is 5.23. The van der Waals surface area contributed by atoms with Crippen LogP contribution in [-0.4, -0.2) is 14.1 Å². The van der Waals surface area contributed by atoms with Gasteiger partial charge in [-0.05, 0) is 36.8 Å². The molecule has 1 atom stereocenters. The minimum absolute atomic E-state index is 0.0980. The number of hydrogen-bond acceptors (Lipinski definition) is 2. The molecule has 0 aliphatic heterocycles. The standard InChI is InChI=1S/C16H18Cl2N2/c1-11(13-6-4-5-7-14(13)18)19-15-10-12(17)8-9-16(15)20(2)3/h4-11,19H,1-3H3. The van der Waals surface area contributed by atoms with Crippen molar-refractivity contribution in [2.75, 3.05) is 24.3 Å². The zero-order valence-electron chi connectivity index (χ0n) is 11.8. The lowest BCUT2D eigenvalue weighted by Gasteiger charge is -2.23. The number of hydrogen-bond donors (Lipinski definition) is 1. The van der Waals surface area contributed by atoms with Crippen molar-refractivity contribution in [3.05, 3.63) is 58.1 Å². The van der Waals surface area contributed by atoms with Crippen molar-refractivity contribution in [1.82, 2.24) is 0 Å². The number of nitrogens with one attached hydrogen (secondary N) is 1. The summed E-state index contributed by atoms with van der Waals surface area (Å²) in [6, 6.07) is 13.8. The van der Waals surface area contributed by atoms with E-state index in [1.54, 1.807) is 0 Å². The van der Waals surface area contributed by atoms with Crippen molar-refractivity contribution >= 4 is 34.6 Å². The number of halogens is 2. The van der Waals surface area contributed by atoms with Crippen molar-refractivity contribution in [1.29, 1.82) is 0 Å². The zero-order chi connectivity index (χ0) is 14.7. The summed E-state index contributed by atoms with van der Waals surface area (Å²) in [5.74, 6) is 0. The third kappa shape index (κ3) is 3.38. The van der Waals surface area contributed by atoms with Crippen LogP contribution in [0.15, 0.2) is 42.5 Å². The summed E-state index contributed by atoms with van der Waals surface area (Å²) in [7, 11) is 4.02. The van der Waals surface area contributed by atoms with Gasteiger partial charge in [-0.25, -0.2) is 0 Å². The number of nitrogens with zero attached hydrogens (tertiary/aromatic N) is 1. The Kier molecular flexibility index (Phi) is 4.79. The second-order valence-electron chi connectivity index (χ2n) is 4.94. The van der Waals surface area contributed by atoms with Gasteiger partial charge in [-0.3, -0.25) is 0 Å². The number of benzene rings is 2. The molecule has 0 aliphatic carbocycles. The van der Waals surface area contributed by atoms with Gasteiger partial charge in [-0.2, -0.15) is 0 Å². The Hall–Kier alpha value is -1.38. The van der Waals surface area contributed by atoms with E-state index in [1.165, 1.54) is 0 Å². The fraction of sp³-hybridized carbons (Fsp3) is 0.250. The molecule has 2 aromatic carbocycles. The van der Waals surface area contributed by atoms with Gasteiger partial charge in [0.15, 0.2) is 0 Å². The van der Waals surface area contributed by atoms with E-state index in [2.05, 4.69) is 17.1 Å². The Morgan fingerprint density at radius 3 is 2.40 bits per heavy atom. The number of anilines is 2. The minimum atomic E-state index is 0.0980. The van der Waals surface area contributed by atoms with Crippen molar-refractivity contribution < 1.29 is 0 Å². The van der Waals surface area contributed by atoms with Crippen LogP contribution in [0.4, 0.5) is 11.4 Å². The molecule has 0 amide bonds. The Labute approximate surface area is 130 Å². The molecule has 2 rings (SSSR count). The average molecular weight is 309 g/mol. The molecule has 0 saturated carbocycles. The smallest absolute Gasteiger partial charge is 0.0598 e. The van der Waals surface area contributed by atoms with E-state index in [0.717, 1.165) is 22.0 Å². The molecule has 1 N–H and O–H groups in total. The van der Waals surface area contributed by atoms with Crippen LogP contribution in [-0.2, 0) is 0 Å². The molecule has 0 aromatic heterocycles. The summed E-state index contributed by atoms with van der Waals surface area (Å²) >= 11 is 12.3. The van der Waals surface area contributed by atoms with Crippen molar-refractivity contribution in [3.8, 4) is 0 Å². The minimum Gasteiger partial charge on any atom is -0.377 e. The van der Waals surface area contributed by atoms with E-state index in [-0.39, 0.29) is 6.04 Å². The third-order valence-electron chi connectivity index (χ3n) is 3.18. The molecule has 2 aromatic rings. The van der Waals surface area contributed by atoms with Gasteiger partial charge in [-0.15, -0.1) is 0 Å². The molecule has 0 aliphatic rings. The molecule has 2 nitrogen and oxygen atoms in total. The summed E-state index contributed by atoms with van der Waals surface area (Å²) in [5.41, 5.74) is 3.15. The average Bonchev–Trinajstić information content (AvgIpc) is 2.38. The first kappa shape index (κ1) is 15.0. The van der Waals surface area contributed by atoms with Crippen molar-refractivity contribution in [3.63, 3.8) is 0 Å². The lowest BCUT2D eigenvalue weighted by molar-refractivity contribution is 0.883. The lowest BCUT2D eigenvalue weighted by Crippen LogP contribution is -2.14. The Morgan fingerprint density at radius 1 is 1.05 bits per heavy atom. The Bertz CT molecular complexity index is 597. The van der Waals surface area contributed by atoms with Crippen LogP contribution in [0.3, 0.4) is 0 Å². The summed E-state index contributed by atoms with van der Waals surface area (Å²) in [4.78, 5) is 2.05. The van der Waals surface area contributed by atoms with Gasteiger partial charge in [-0.1, -0.05) is 41.4 Å². The molecule has 0 saturated heterocycles. The first-order chi connectivity index (χ1) is 9.49. The SMILES string of the molecule is CC(Nc1cc(Cl)ccc1N(C)C)c1ccccc1Cl. The molecule has 0 heterocycles. The highest BCUT2D eigenvalue weighted by molar-refractivity contribution is 6.31. The molecule has 106 valence electrons. The fourth-order valence-corrected chi connectivity index (χ4v) is 2.62. The molecular formula is C16H18Cl2N2. The van der Waals surface area contributed by atoms with Gasteiger partial charge in [0.2, 0.25) is 0 Å². The Balaban J connectivity index is 2.30. The molecule has 0 fully saturated rings. The van der Waals surface area contributed by atoms with Crippen LogP contribution in [0.1, 0.15) is 18.5 Å². The molecule has 0 spiro atoms. The van der Waals surface area contributed by atoms with Gasteiger partial charge in [0.1, 0.15) is 0 Å². The maximum Gasteiger partial charge on any atom is 0.0598 e. The summed E-state index contributed by atoms with van der Waals surface area (Å²) in [6.45, 7) is 2.08. The van der Waals surface area contributed by atoms with Crippen LogP contribution in [0.2, 0.25) is 10.0 Å². The normalized spacial score (nSPS) is 12.1. The first-order valence-electron chi connectivity index (χ1n) is 6.47. The van der Waals surface area contributed by atoms with E-state index in [4.69, 9.17) is 23.2 Å². The lowest BCUT2D eigenvalue weighted by atomic mass is 10.1. The maximum absolute atomic E-state index is 6.24. The van der Waals surface area contributed by atoms with Crippen molar-refractivity contribution in [2.24, 2.45) is 0 Å². The van der Waals surface area contributed by atoms with Crippen LogP contribution >= 0.6 is 23.2 Å². The maximum atomic E-state index is 6.24. The van der Waals surface area contributed by atoms with Crippen LogP contribution in [0.5, 0.6) is 0 Å². The summed E-state index contributed by atoms with van der Waals surface area (Å²) in [5, 5.41) is 4.96. The van der Waals surface area contributed by atoms with E-state index in [1.807, 2.05) is 56.6 Å². The number of rotatable bonds is 4. The van der Waals surface area contributed by atoms with Gasteiger partial charge >= 0.3 is 0 Å². The van der Waals surface area contributed by atoms with Gasteiger partial charge in [0, 0.05) is 24.1 Å². The van der Waals surface area contributed by atoms with E-state index in [9.17, 15) is 0 Å². The molecule has 0 bridgehead atoms. The molecule has 20 heavy (non-hydrogen) atoms. The quantitative estimate of drug-likeness (QED) is 0.831. The second-order valence-corrected chi connectivity index (χ2v) is 5.79. The zero-order valence-corrected chi connectivity index (χ0v) is 13.3. The van der Waals surface area contributed by atoms with Crippen LogP contribution in [0.25, 0.3) is 0 Å². The molecule has 0 radical (unpaired) electrons. The topological polar surface area (TPSA) is 15.3 Å². The summed E-state index contributed by atoms with van der Waals surface area (Å²) in [6.07, 6.45) is 0. The van der Waals surface area contributed by atoms with E-state index in [0.29, 0.717) is 5.02 Å². The van der Waals surface area contributed by atoms with Crippen LogP contribution in [0, 0.1) is 0 Å². The predicted molar refractivity (Wildman–Crippen MR) is 89.3 cm³/mol. The summed E-state index contributed by atoms with van der Waals surface area (Å²) < 4.78 is 0. The largest absolute Gasteiger partial charge is 0.377 e. The first-order valence-corrected chi connectivity index (χ1v) is 7.22. The fourth-order valence-electron chi connectivity index (χ4n) is 2.15. The Morgan fingerprint density at radius 2 is 1.75 bits per heavy atom. The van der Waals surface area contributed by atoms with Gasteiger partial charge in [0.05, 0.1) is 17.4 Å². The van der Waals surface area contributed by atoms with Gasteiger partial charge < -0.3 is 10.2 Å². The monoisotopic (exact) mass is 308 g/mol. The second kappa shape index (κ2) is 6.38. The third-order valence-corrected chi connectivity index (χ3v) is 3.76. The van der Waals surface area contributed by atoms with Crippen LogP contribution < -0.4 is 10.2 Å². The molecule has 4 heteroatoms. The van der Waals surface area contributed by atoms with Gasteiger partial charge in [0.25, 0.3) is 0 Å². The highest BCUT2D eigenvalue weighted by Gasteiger charge is 2.12. The highest BCUT2D eigenvalue weighted by Crippen LogP contribution is 2.32. The van der Waals surface area contributed by atoms with Crippen molar-refractivity contribution in [2.45, 2.75) is 13.0 Å². The van der Waals surface area contributed by atoms with E-state index < -0.39 is 0 Å². The molecule has 1 unspecified atom stereocenters. The molecular weight excluding hydrogens is 291 g/mol.